The fourth-order valence-corrected chi connectivity index (χ4v) is 13.3. The number of rotatable bonds is 11. The molecule has 1 heterocycles. The van der Waals surface area contributed by atoms with Gasteiger partial charge in [-0.15, -0.1) is 0 Å². The molecule has 47 heavy (non-hydrogen) atoms. The summed E-state index contributed by atoms with van der Waals surface area (Å²) in [6, 6.07) is 21.7. The van der Waals surface area contributed by atoms with Gasteiger partial charge in [-0.05, 0) is 105 Å². The number of carbonyl (C=O) groups is 1. The Kier molecular flexibility index (Phi) is 9.67. The summed E-state index contributed by atoms with van der Waals surface area (Å²) in [6.07, 6.45) is 7.65. The average Bonchev–Trinajstić information content (AvgIpc) is 3.58. The maximum absolute atomic E-state index is 13.9. The van der Waals surface area contributed by atoms with E-state index in [-0.39, 0.29) is 28.8 Å². The van der Waals surface area contributed by atoms with Gasteiger partial charge in [0.15, 0.2) is 0 Å². The molecule has 254 valence electrons. The Hall–Kier alpha value is -2.70. The van der Waals surface area contributed by atoms with Crippen molar-refractivity contribution >= 4 is 24.7 Å². The highest BCUT2D eigenvalue weighted by molar-refractivity contribution is 6.99. The lowest BCUT2D eigenvalue weighted by atomic mass is 9.69. The standard InChI is InChI=1S/C41H57NO4Si/c1-27(2)21-28-22-31(23-28)38-36(30-19-20-30)37(42-46-38)34-24-29(25-35(34)39(43)45-40(3,4)5)26-44-47(41(6,7)8,32-15-11-9-12-16-32)33-17-13-10-14-18-33/h9-18,27-31,34-35H,19-26H2,1-8H3/t28?,29?,31?,34?,35-/m0/s1. The van der Waals surface area contributed by atoms with Crippen molar-refractivity contribution in [1.29, 1.82) is 0 Å². The molecule has 3 fully saturated rings. The van der Waals surface area contributed by atoms with Gasteiger partial charge in [-0.3, -0.25) is 4.79 Å². The van der Waals surface area contributed by atoms with Crippen LogP contribution in [0.25, 0.3) is 0 Å². The van der Waals surface area contributed by atoms with Gasteiger partial charge in [0.2, 0.25) is 0 Å². The predicted octanol–water partition coefficient (Wildman–Crippen LogP) is 9.12. The van der Waals surface area contributed by atoms with Gasteiger partial charge in [0.05, 0.1) is 11.6 Å². The van der Waals surface area contributed by atoms with Crippen LogP contribution in [-0.4, -0.2) is 31.7 Å². The van der Waals surface area contributed by atoms with Crippen LogP contribution in [0, 0.1) is 23.7 Å². The summed E-state index contributed by atoms with van der Waals surface area (Å²) in [4.78, 5) is 13.9. The highest BCUT2D eigenvalue weighted by Crippen LogP contribution is 2.55. The molecule has 0 N–H and O–H groups in total. The smallest absolute Gasteiger partial charge is 0.310 e. The third-order valence-corrected chi connectivity index (χ3v) is 15.9. The first kappa shape index (κ1) is 34.2. The van der Waals surface area contributed by atoms with E-state index in [0.717, 1.165) is 36.1 Å². The lowest BCUT2D eigenvalue weighted by molar-refractivity contribution is -0.160. The molecule has 1 aromatic heterocycles. The highest BCUT2D eigenvalue weighted by atomic mass is 28.4. The summed E-state index contributed by atoms with van der Waals surface area (Å²) in [5.41, 5.74) is 1.83. The molecule has 0 amide bonds. The zero-order valence-corrected chi connectivity index (χ0v) is 31.1. The van der Waals surface area contributed by atoms with Gasteiger partial charge in [0.1, 0.15) is 11.4 Å². The molecule has 3 atom stereocenters. The van der Waals surface area contributed by atoms with E-state index in [2.05, 4.69) is 95.3 Å². The fourth-order valence-electron chi connectivity index (χ4n) is 8.70. The molecular formula is C41H57NO4Si. The molecule has 3 aliphatic rings. The van der Waals surface area contributed by atoms with E-state index in [1.807, 2.05) is 20.8 Å². The molecule has 2 unspecified atom stereocenters. The van der Waals surface area contributed by atoms with Crippen LogP contribution >= 0.6 is 0 Å². The van der Waals surface area contributed by atoms with E-state index in [9.17, 15) is 4.79 Å². The zero-order chi connectivity index (χ0) is 33.6. The fraction of sp³-hybridized carbons (Fsp3) is 0.610. The van der Waals surface area contributed by atoms with Crippen LogP contribution in [0.3, 0.4) is 0 Å². The topological polar surface area (TPSA) is 61.6 Å². The summed E-state index contributed by atoms with van der Waals surface area (Å²) in [6.45, 7) is 18.1. The second kappa shape index (κ2) is 13.3. The molecule has 3 aliphatic carbocycles. The van der Waals surface area contributed by atoms with E-state index in [4.69, 9.17) is 18.8 Å². The zero-order valence-electron chi connectivity index (χ0n) is 30.1. The van der Waals surface area contributed by atoms with E-state index >= 15 is 0 Å². The Morgan fingerprint density at radius 1 is 0.851 bits per heavy atom. The number of hydrogen-bond donors (Lipinski definition) is 0. The summed E-state index contributed by atoms with van der Waals surface area (Å²) in [7, 11) is -2.70. The first-order chi connectivity index (χ1) is 22.3. The van der Waals surface area contributed by atoms with Crippen LogP contribution in [0.4, 0.5) is 0 Å². The maximum Gasteiger partial charge on any atom is 0.310 e. The molecule has 6 heteroatoms. The van der Waals surface area contributed by atoms with Gasteiger partial charge in [-0.1, -0.05) is 100 Å². The minimum Gasteiger partial charge on any atom is -0.460 e. The number of benzene rings is 2. The van der Waals surface area contributed by atoms with Crippen LogP contribution in [0.15, 0.2) is 65.2 Å². The molecule has 0 radical (unpaired) electrons. The maximum atomic E-state index is 13.9. The van der Waals surface area contributed by atoms with Crippen molar-refractivity contribution in [2.75, 3.05) is 6.61 Å². The molecule has 6 rings (SSSR count). The summed E-state index contributed by atoms with van der Waals surface area (Å²) in [5, 5.41) is 7.30. The van der Waals surface area contributed by atoms with Crippen LogP contribution in [0.5, 0.6) is 0 Å². The predicted molar refractivity (Wildman–Crippen MR) is 192 cm³/mol. The summed E-state index contributed by atoms with van der Waals surface area (Å²) in [5.74, 6) is 3.44. The SMILES string of the molecule is CC(C)CC1CC(c2onc(C3CC(CO[Si](c4ccccc4)(c4ccccc4)C(C)(C)C)C[C@@H]3C(=O)OC(C)(C)C)c2C2CC2)C1. The van der Waals surface area contributed by atoms with Crippen molar-refractivity contribution in [3.63, 3.8) is 0 Å². The van der Waals surface area contributed by atoms with Gasteiger partial charge in [-0.25, -0.2) is 0 Å². The van der Waals surface area contributed by atoms with Crippen molar-refractivity contribution in [1.82, 2.24) is 5.16 Å². The van der Waals surface area contributed by atoms with Crippen molar-refractivity contribution in [2.45, 2.75) is 129 Å². The largest absolute Gasteiger partial charge is 0.460 e. The second-order valence-corrected chi connectivity index (χ2v) is 21.6. The third kappa shape index (κ3) is 7.20. The lowest BCUT2D eigenvalue weighted by Gasteiger charge is -2.43. The molecule has 0 bridgehead atoms. The van der Waals surface area contributed by atoms with Crippen LogP contribution < -0.4 is 10.4 Å². The van der Waals surface area contributed by atoms with Crippen molar-refractivity contribution in [3.8, 4) is 0 Å². The average molecular weight is 656 g/mol. The Bertz CT molecular complexity index is 1450. The Balaban J connectivity index is 1.30. The summed E-state index contributed by atoms with van der Waals surface area (Å²) < 4.78 is 19.8. The summed E-state index contributed by atoms with van der Waals surface area (Å²) >= 11 is 0. The molecule has 3 aromatic rings. The van der Waals surface area contributed by atoms with Gasteiger partial charge >= 0.3 is 5.97 Å². The molecule has 2 aromatic carbocycles. The Morgan fingerprint density at radius 3 is 1.96 bits per heavy atom. The molecule has 0 saturated heterocycles. The lowest BCUT2D eigenvalue weighted by Crippen LogP contribution is -2.66. The first-order valence-electron chi connectivity index (χ1n) is 18.2. The van der Waals surface area contributed by atoms with Crippen LogP contribution in [-0.2, 0) is 14.0 Å². The number of ether oxygens (including phenoxy) is 1. The van der Waals surface area contributed by atoms with Gasteiger partial charge < -0.3 is 13.7 Å². The van der Waals surface area contributed by atoms with Gasteiger partial charge in [0.25, 0.3) is 8.32 Å². The van der Waals surface area contributed by atoms with Gasteiger partial charge in [0, 0.05) is 24.0 Å². The quantitative estimate of drug-likeness (QED) is 0.152. The number of nitrogens with zero attached hydrogens (tertiary/aromatic N) is 1. The molecule has 3 saturated carbocycles. The number of hydrogen-bond acceptors (Lipinski definition) is 5. The van der Waals surface area contributed by atoms with Crippen molar-refractivity contribution < 1.29 is 18.5 Å². The minimum absolute atomic E-state index is 0.0164. The number of aromatic nitrogens is 1. The van der Waals surface area contributed by atoms with E-state index in [1.165, 1.54) is 48.0 Å². The van der Waals surface area contributed by atoms with Crippen molar-refractivity contribution in [2.24, 2.45) is 23.7 Å². The number of esters is 1. The highest BCUT2D eigenvalue weighted by Gasteiger charge is 2.52. The molecule has 0 aliphatic heterocycles. The third-order valence-electron chi connectivity index (χ3n) is 10.9. The van der Waals surface area contributed by atoms with E-state index < -0.39 is 13.9 Å². The van der Waals surface area contributed by atoms with Crippen molar-refractivity contribution in [3.05, 3.63) is 77.7 Å². The molecule has 5 nitrogen and oxygen atoms in total. The molecule has 0 spiro atoms. The monoisotopic (exact) mass is 655 g/mol. The van der Waals surface area contributed by atoms with Gasteiger partial charge in [-0.2, -0.15) is 0 Å². The van der Waals surface area contributed by atoms with E-state index in [0.29, 0.717) is 18.4 Å². The second-order valence-electron chi connectivity index (χ2n) is 17.3. The van der Waals surface area contributed by atoms with E-state index in [1.54, 1.807) is 0 Å². The number of carbonyl (C=O) groups excluding carboxylic acids is 1. The normalized spacial score (nSPS) is 25.2. The minimum atomic E-state index is -2.70. The molecular weight excluding hydrogens is 599 g/mol. The van der Waals surface area contributed by atoms with Crippen LogP contribution in [0.1, 0.15) is 135 Å². The Labute approximate surface area is 284 Å². The first-order valence-corrected chi connectivity index (χ1v) is 20.1. The Morgan fingerprint density at radius 2 is 1.45 bits per heavy atom. The van der Waals surface area contributed by atoms with Crippen LogP contribution in [0.2, 0.25) is 5.04 Å².